The first kappa shape index (κ1) is 16.0. The number of thiazole rings is 1. The molecular formula is C18H23N3OS. The fraction of sp³-hybridized carbons (Fsp3) is 0.389. The van der Waals surface area contributed by atoms with Crippen molar-refractivity contribution in [3.8, 4) is 5.75 Å². The maximum atomic E-state index is 6.05. The molecular weight excluding hydrogens is 306 g/mol. The van der Waals surface area contributed by atoms with Gasteiger partial charge in [0.2, 0.25) is 0 Å². The quantitative estimate of drug-likeness (QED) is 0.710. The molecule has 0 saturated heterocycles. The Labute approximate surface area is 141 Å². The normalized spacial score (nSPS) is 11.7. The molecule has 0 fully saturated rings. The standard InChI is InChI=1S/C18H23N3OS/c1-13(2)21(3)8-7-14-9-20-16-5-4-6-17(18(14)16)22-11-15-10-19-12-23-15/h4-6,9-10,12-13,20H,7-8,11H2,1-3H3. The Kier molecular flexibility index (Phi) is 4.98. The highest BCUT2D eigenvalue weighted by Gasteiger charge is 2.12. The molecule has 0 unspecified atom stereocenters. The van der Waals surface area contributed by atoms with Crippen molar-refractivity contribution in [2.45, 2.75) is 32.9 Å². The first-order valence-electron chi connectivity index (χ1n) is 7.94. The van der Waals surface area contributed by atoms with Crippen LogP contribution in [0.4, 0.5) is 0 Å². The third-order valence-corrected chi connectivity index (χ3v) is 4.97. The van der Waals surface area contributed by atoms with Crippen LogP contribution in [0.25, 0.3) is 10.9 Å². The minimum absolute atomic E-state index is 0.558. The first-order chi connectivity index (χ1) is 11.1. The minimum Gasteiger partial charge on any atom is -0.487 e. The summed E-state index contributed by atoms with van der Waals surface area (Å²) < 4.78 is 6.05. The molecule has 122 valence electrons. The second kappa shape index (κ2) is 7.15. The summed E-state index contributed by atoms with van der Waals surface area (Å²) in [6.07, 6.45) is 4.98. The van der Waals surface area contributed by atoms with Crippen molar-refractivity contribution in [3.05, 3.63) is 46.5 Å². The molecule has 2 heterocycles. The van der Waals surface area contributed by atoms with Crippen molar-refractivity contribution >= 4 is 22.2 Å². The van der Waals surface area contributed by atoms with Gasteiger partial charge in [-0.25, -0.2) is 0 Å². The van der Waals surface area contributed by atoms with Crippen LogP contribution in [0.15, 0.2) is 36.1 Å². The van der Waals surface area contributed by atoms with E-state index < -0.39 is 0 Å². The molecule has 3 aromatic rings. The molecule has 3 rings (SSSR count). The predicted molar refractivity (Wildman–Crippen MR) is 96.2 cm³/mol. The van der Waals surface area contributed by atoms with E-state index in [1.165, 1.54) is 10.9 Å². The SMILES string of the molecule is CC(C)N(C)CCc1c[nH]c2cccc(OCc3cncs3)c12. The number of aromatic nitrogens is 2. The van der Waals surface area contributed by atoms with Gasteiger partial charge in [0, 0.05) is 35.9 Å². The second-order valence-electron chi connectivity index (χ2n) is 6.07. The van der Waals surface area contributed by atoms with Gasteiger partial charge in [-0.2, -0.15) is 0 Å². The average Bonchev–Trinajstić information content (AvgIpc) is 3.20. The van der Waals surface area contributed by atoms with Gasteiger partial charge in [-0.15, -0.1) is 11.3 Å². The maximum absolute atomic E-state index is 6.05. The molecule has 2 aromatic heterocycles. The average molecular weight is 329 g/mol. The molecule has 0 amide bonds. The molecule has 4 nitrogen and oxygen atoms in total. The number of hydrogen-bond donors (Lipinski definition) is 1. The van der Waals surface area contributed by atoms with E-state index >= 15 is 0 Å². The Bertz CT molecular complexity index is 749. The van der Waals surface area contributed by atoms with Crippen molar-refractivity contribution in [1.82, 2.24) is 14.9 Å². The van der Waals surface area contributed by atoms with Gasteiger partial charge in [-0.05, 0) is 45.0 Å². The summed E-state index contributed by atoms with van der Waals surface area (Å²) in [4.78, 5) is 11.0. The number of nitrogens with one attached hydrogen (secondary N) is 1. The molecule has 0 radical (unpaired) electrons. The van der Waals surface area contributed by atoms with Crippen LogP contribution in [-0.2, 0) is 13.0 Å². The zero-order chi connectivity index (χ0) is 16.2. The van der Waals surface area contributed by atoms with E-state index in [1.54, 1.807) is 11.3 Å². The Morgan fingerprint density at radius 1 is 1.35 bits per heavy atom. The van der Waals surface area contributed by atoms with Gasteiger partial charge in [0.1, 0.15) is 12.4 Å². The van der Waals surface area contributed by atoms with E-state index in [0.29, 0.717) is 12.6 Å². The summed E-state index contributed by atoms with van der Waals surface area (Å²) in [5.74, 6) is 0.944. The first-order valence-corrected chi connectivity index (χ1v) is 8.82. The van der Waals surface area contributed by atoms with Crippen molar-refractivity contribution in [2.75, 3.05) is 13.6 Å². The molecule has 0 aliphatic heterocycles. The van der Waals surface area contributed by atoms with E-state index in [9.17, 15) is 0 Å². The summed E-state index contributed by atoms with van der Waals surface area (Å²) in [5.41, 5.74) is 4.28. The van der Waals surface area contributed by atoms with Gasteiger partial charge in [0.25, 0.3) is 0 Å². The summed E-state index contributed by atoms with van der Waals surface area (Å²) in [5, 5.41) is 1.20. The van der Waals surface area contributed by atoms with E-state index in [1.807, 2.05) is 23.8 Å². The third kappa shape index (κ3) is 3.74. The van der Waals surface area contributed by atoms with Gasteiger partial charge in [-0.3, -0.25) is 4.98 Å². The number of rotatable bonds is 7. The van der Waals surface area contributed by atoms with Crippen LogP contribution in [0.5, 0.6) is 5.75 Å². The van der Waals surface area contributed by atoms with Crippen molar-refractivity contribution < 1.29 is 4.74 Å². The molecule has 0 spiro atoms. The molecule has 0 aliphatic rings. The van der Waals surface area contributed by atoms with Crippen molar-refractivity contribution in [3.63, 3.8) is 0 Å². The number of aromatic amines is 1. The highest BCUT2D eigenvalue weighted by molar-refractivity contribution is 7.09. The van der Waals surface area contributed by atoms with Crippen LogP contribution < -0.4 is 4.74 Å². The number of ether oxygens (including phenoxy) is 1. The lowest BCUT2D eigenvalue weighted by Crippen LogP contribution is -2.28. The number of H-pyrrole nitrogens is 1. The summed E-state index contributed by atoms with van der Waals surface area (Å²) in [7, 11) is 2.17. The highest BCUT2D eigenvalue weighted by atomic mass is 32.1. The molecule has 1 N–H and O–H groups in total. The monoisotopic (exact) mass is 329 g/mol. The van der Waals surface area contributed by atoms with Crippen LogP contribution in [0.2, 0.25) is 0 Å². The van der Waals surface area contributed by atoms with E-state index in [2.05, 4.69) is 48.0 Å². The lowest BCUT2D eigenvalue weighted by molar-refractivity contribution is 0.277. The molecule has 5 heteroatoms. The fourth-order valence-electron chi connectivity index (χ4n) is 2.55. The summed E-state index contributed by atoms with van der Waals surface area (Å²) in [6.45, 7) is 6.05. The predicted octanol–water partition coefficient (Wildman–Crippen LogP) is 4.09. The minimum atomic E-state index is 0.558. The van der Waals surface area contributed by atoms with Crippen LogP contribution in [0.1, 0.15) is 24.3 Å². The summed E-state index contributed by atoms with van der Waals surface area (Å²) >= 11 is 1.62. The Hall–Kier alpha value is -1.85. The zero-order valence-electron chi connectivity index (χ0n) is 13.9. The number of fused-ring (bicyclic) bond motifs is 1. The lowest BCUT2D eigenvalue weighted by Gasteiger charge is -2.20. The van der Waals surface area contributed by atoms with Crippen LogP contribution in [0.3, 0.4) is 0 Å². The maximum Gasteiger partial charge on any atom is 0.129 e. The smallest absolute Gasteiger partial charge is 0.129 e. The van der Waals surface area contributed by atoms with Crippen LogP contribution >= 0.6 is 11.3 Å². The van der Waals surface area contributed by atoms with Crippen molar-refractivity contribution in [1.29, 1.82) is 0 Å². The zero-order valence-corrected chi connectivity index (χ0v) is 14.7. The Balaban J connectivity index is 1.79. The van der Waals surface area contributed by atoms with E-state index in [-0.39, 0.29) is 0 Å². The van der Waals surface area contributed by atoms with Crippen LogP contribution in [-0.4, -0.2) is 34.5 Å². The molecule has 0 atom stereocenters. The Morgan fingerprint density at radius 2 is 2.22 bits per heavy atom. The fourth-order valence-corrected chi connectivity index (χ4v) is 3.06. The second-order valence-corrected chi connectivity index (χ2v) is 7.04. The van der Waals surface area contributed by atoms with Gasteiger partial charge in [0.15, 0.2) is 0 Å². The largest absolute Gasteiger partial charge is 0.487 e. The van der Waals surface area contributed by atoms with E-state index in [4.69, 9.17) is 4.74 Å². The van der Waals surface area contributed by atoms with E-state index in [0.717, 1.165) is 29.1 Å². The molecule has 0 bridgehead atoms. The number of nitrogens with zero attached hydrogens (tertiary/aromatic N) is 2. The third-order valence-electron chi connectivity index (χ3n) is 4.22. The van der Waals surface area contributed by atoms with Gasteiger partial charge >= 0.3 is 0 Å². The molecule has 0 saturated carbocycles. The molecule has 23 heavy (non-hydrogen) atoms. The Morgan fingerprint density at radius 3 is 2.96 bits per heavy atom. The van der Waals surface area contributed by atoms with Crippen molar-refractivity contribution in [2.24, 2.45) is 0 Å². The number of benzene rings is 1. The summed E-state index contributed by atoms with van der Waals surface area (Å²) in [6, 6.07) is 6.74. The topological polar surface area (TPSA) is 41.2 Å². The number of likely N-dealkylation sites (N-methyl/N-ethyl adjacent to an activating group) is 1. The van der Waals surface area contributed by atoms with Gasteiger partial charge < -0.3 is 14.6 Å². The molecule has 0 aliphatic carbocycles. The number of hydrogen-bond acceptors (Lipinski definition) is 4. The lowest BCUT2D eigenvalue weighted by atomic mass is 10.1. The molecule has 1 aromatic carbocycles. The van der Waals surface area contributed by atoms with Crippen LogP contribution in [0, 0.1) is 0 Å². The van der Waals surface area contributed by atoms with Gasteiger partial charge in [0.05, 0.1) is 10.4 Å². The van der Waals surface area contributed by atoms with Gasteiger partial charge in [-0.1, -0.05) is 6.07 Å². The highest BCUT2D eigenvalue weighted by Crippen LogP contribution is 2.30.